The minimum Gasteiger partial charge on any atom is -0.358 e. The second-order valence-electron chi connectivity index (χ2n) is 8.13. The van der Waals surface area contributed by atoms with E-state index in [0.29, 0.717) is 5.56 Å². The lowest BCUT2D eigenvalue weighted by atomic mass is 10.1. The first-order valence-corrected chi connectivity index (χ1v) is 10.3. The standard InChI is InChI=1S/C22H25N7O/c1-13-14(2)24-19-6-4-15(10-18(13)19)22(30)25-17-5-7-20-26-27-21(29(20)9-8-17)16-11-23-28(3)12-16/h4,6,10-12,17,24H,5,7-9H2,1-3H3,(H,25,30). The van der Waals surface area contributed by atoms with Crippen LogP contribution in [-0.2, 0) is 20.0 Å². The SMILES string of the molecule is Cc1[nH]c2ccc(C(=O)NC3CCc4nnc(-c5cnn(C)c5)n4CC3)cc2c1C. The summed E-state index contributed by atoms with van der Waals surface area (Å²) in [5.41, 5.74) is 5.05. The van der Waals surface area contributed by atoms with Crippen molar-refractivity contribution in [3.63, 3.8) is 0 Å². The third-order valence-corrected chi connectivity index (χ3v) is 6.11. The highest BCUT2D eigenvalue weighted by Gasteiger charge is 2.23. The molecule has 0 spiro atoms. The number of carbonyl (C=O) groups is 1. The molecule has 5 rings (SSSR count). The second-order valence-corrected chi connectivity index (χ2v) is 8.13. The van der Waals surface area contributed by atoms with Gasteiger partial charge in [0.2, 0.25) is 0 Å². The molecule has 0 saturated heterocycles. The number of carbonyl (C=O) groups excluding carboxylic acids is 1. The van der Waals surface area contributed by atoms with E-state index in [2.05, 4.69) is 44.0 Å². The van der Waals surface area contributed by atoms with Crippen molar-refractivity contribution in [2.24, 2.45) is 7.05 Å². The average Bonchev–Trinajstić information content (AvgIpc) is 3.38. The summed E-state index contributed by atoms with van der Waals surface area (Å²) >= 11 is 0. The Morgan fingerprint density at radius 1 is 1.23 bits per heavy atom. The number of amides is 1. The molecule has 1 aliphatic heterocycles. The van der Waals surface area contributed by atoms with Gasteiger partial charge in [-0.3, -0.25) is 9.48 Å². The smallest absolute Gasteiger partial charge is 0.251 e. The van der Waals surface area contributed by atoms with Crippen molar-refractivity contribution >= 4 is 16.8 Å². The Bertz CT molecular complexity index is 1250. The Labute approximate surface area is 174 Å². The van der Waals surface area contributed by atoms with Crippen LogP contribution in [-0.4, -0.2) is 41.5 Å². The normalized spacial score (nSPS) is 16.4. The molecule has 0 radical (unpaired) electrons. The number of nitrogens with zero attached hydrogens (tertiary/aromatic N) is 5. The highest BCUT2D eigenvalue weighted by Crippen LogP contribution is 2.24. The van der Waals surface area contributed by atoms with Crippen molar-refractivity contribution in [2.45, 2.75) is 45.7 Å². The number of hydrogen-bond donors (Lipinski definition) is 2. The summed E-state index contributed by atoms with van der Waals surface area (Å²) in [6, 6.07) is 5.96. The molecule has 4 aromatic rings. The van der Waals surface area contributed by atoms with Crippen molar-refractivity contribution in [3.8, 4) is 11.4 Å². The fourth-order valence-electron chi connectivity index (χ4n) is 4.25. The van der Waals surface area contributed by atoms with Gasteiger partial charge in [0.05, 0.1) is 11.8 Å². The van der Waals surface area contributed by atoms with Crippen LogP contribution in [0.5, 0.6) is 0 Å². The van der Waals surface area contributed by atoms with Gasteiger partial charge < -0.3 is 14.9 Å². The summed E-state index contributed by atoms with van der Waals surface area (Å²) in [5.74, 6) is 1.78. The zero-order chi connectivity index (χ0) is 20.8. The van der Waals surface area contributed by atoms with Crippen LogP contribution < -0.4 is 5.32 Å². The molecule has 0 saturated carbocycles. The number of fused-ring (bicyclic) bond motifs is 2. The molecule has 0 aliphatic carbocycles. The van der Waals surface area contributed by atoms with Gasteiger partial charge in [-0.25, -0.2) is 0 Å². The van der Waals surface area contributed by atoms with Gasteiger partial charge in [-0.15, -0.1) is 10.2 Å². The zero-order valence-corrected chi connectivity index (χ0v) is 17.4. The molecule has 8 heteroatoms. The third kappa shape index (κ3) is 3.18. The van der Waals surface area contributed by atoms with E-state index in [1.165, 1.54) is 5.56 Å². The maximum atomic E-state index is 12.9. The Kier molecular flexibility index (Phi) is 4.42. The Morgan fingerprint density at radius 3 is 2.90 bits per heavy atom. The van der Waals surface area contributed by atoms with Crippen LogP contribution >= 0.6 is 0 Å². The van der Waals surface area contributed by atoms with Gasteiger partial charge in [-0.1, -0.05) is 0 Å². The van der Waals surface area contributed by atoms with Gasteiger partial charge >= 0.3 is 0 Å². The molecule has 1 amide bonds. The van der Waals surface area contributed by atoms with Crippen molar-refractivity contribution in [3.05, 3.63) is 53.2 Å². The van der Waals surface area contributed by atoms with Crippen LogP contribution in [0.3, 0.4) is 0 Å². The molecule has 0 bridgehead atoms. The number of aromatic amines is 1. The summed E-state index contributed by atoms with van der Waals surface area (Å²) in [6.07, 6.45) is 6.23. The van der Waals surface area contributed by atoms with Crippen LogP contribution in [0.25, 0.3) is 22.3 Å². The molecular formula is C22H25N7O. The molecule has 1 unspecified atom stereocenters. The van der Waals surface area contributed by atoms with Gasteiger partial charge in [0.1, 0.15) is 5.82 Å². The summed E-state index contributed by atoms with van der Waals surface area (Å²) in [5, 5.41) is 17.3. The monoisotopic (exact) mass is 403 g/mol. The molecule has 1 aromatic carbocycles. The molecule has 30 heavy (non-hydrogen) atoms. The lowest BCUT2D eigenvalue weighted by Crippen LogP contribution is -2.35. The van der Waals surface area contributed by atoms with E-state index in [1.54, 1.807) is 4.68 Å². The molecule has 1 atom stereocenters. The number of H-pyrrole nitrogens is 1. The zero-order valence-electron chi connectivity index (χ0n) is 17.4. The number of nitrogens with one attached hydrogen (secondary N) is 2. The van der Waals surface area contributed by atoms with E-state index >= 15 is 0 Å². The Balaban J connectivity index is 1.31. The molecule has 4 heterocycles. The van der Waals surface area contributed by atoms with Crippen molar-refractivity contribution < 1.29 is 4.79 Å². The van der Waals surface area contributed by atoms with Crippen LogP contribution in [0.2, 0.25) is 0 Å². The first-order valence-electron chi connectivity index (χ1n) is 10.3. The van der Waals surface area contributed by atoms with Gasteiger partial charge in [0.25, 0.3) is 5.91 Å². The van der Waals surface area contributed by atoms with E-state index in [0.717, 1.165) is 59.6 Å². The number of aryl methyl sites for hydroxylation is 4. The predicted octanol–water partition coefficient (Wildman–Crippen LogP) is 2.91. The van der Waals surface area contributed by atoms with Crippen LogP contribution in [0, 0.1) is 13.8 Å². The fraction of sp³-hybridized carbons (Fsp3) is 0.364. The highest BCUT2D eigenvalue weighted by molar-refractivity contribution is 5.99. The van der Waals surface area contributed by atoms with E-state index in [1.807, 2.05) is 37.6 Å². The van der Waals surface area contributed by atoms with Gasteiger partial charge in [0.15, 0.2) is 5.82 Å². The predicted molar refractivity (Wildman–Crippen MR) is 114 cm³/mol. The number of rotatable bonds is 3. The highest BCUT2D eigenvalue weighted by atomic mass is 16.1. The molecule has 0 fully saturated rings. The fourth-order valence-corrected chi connectivity index (χ4v) is 4.25. The van der Waals surface area contributed by atoms with Crippen molar-refractivity contribution in [1.29, 1.82) is 0 Å². The second kappa shape index (κ2) is 7.12. The van der Waals surface area contributed by atoms with Gasteiger partial charge in [-0.2, -0.15) is 5.10 Å². The largest absolute Gasteiger partial charge is 0.358 e. The lowest BCUT2D eigenvalue weighted by Gasteiger charge is -2.16. The molecular weight excluding hydrogens is 378 g/mol. The molecule has 154 valence electrons. The Hall–Kier alpha value is -3.42. The summed E-state index contributed by atoms with van der Waals surface area (Å²) in [7, 11) is 1.89. The van der Waals surface area contributed by atoms with Crippen molar-refractivity contribution in [1.82, 2.24) is 34.8 Å². The molecule has 2 N–H and O–H groups in total. The molecule has 1 aliphatic rings. The number of aromatic nitrogens is 6. The minimum atomic E-state index is -0.0229. The first-order chi connectivity index (χ1) is 14.5. The summed E-state index contributed by atoms with van der Waals surface area (Å²) in [4.78, 5) is 16.3. The topological polar surface area (TPSA) is 93.4 Å². The maximum Gasteiger partial charge on any atom is 0.251 e. The minimum absolute atomic E-state index is 0.0229. The van der Waals surface area contributed by atoms with Gasteiger partial charge in [-0.05, 0) is 50.5 Å². The maximum absolute atomic E-state index is 12.9. The van der Waals surface area contributed by atoms with E-state index in [9.17, 15) is 4.79 Å². The van der Waals surface area contributed by atoms with Crippen LogP contribution in [0.1, 0.15) is 40.3 Å². The lowest BCUT2D eigenvalue weighted by molar-refractivity contribution is 0.0933. The summed E-state index contributed by atoms with van der Waals surface area (Å²) < 4.78 is 3.92. The van der Waals surface area contributed by atoms with Crippen LogP contribution in [0.4, 0.5) is 0 Å². The quantitative estimate of drug-likeness (QED) is 0.550. The van der Waals surface area contributed by atoms with Gasteiger partial charge in [0, 0.05) is 54.4 Å². The number of benzene rings is 1. The third-order valence-electron chi connectivity index (χ3n) is 6.11. The van der Waals surface area contributed by atoms with E-state index in [-0.39, 0.29) is 11.9 Å². The number of hydrogen-bond acceptors (Lipinski definition) is 4. The van der Waals surface area contributed by atoms with Crippen molar-refractivity contribution in [2.75, 3.05) is 0 Å². The molecule has 8 nitrogen and oxygen atoms in total. The van der Waals surface area contributed by atoms with E-state index < -0.39 is 0 Å². The average molecular weight is 403 g/mol. The van der Waals surface area contributed by atoms with E-state index in [4.69, 9.17) is 0 Å². The van der Waals surface area contributed by atoms with Crippen LogP contribution in [0.15, 0.2) is 30.6 Å². The molecule has 3 aromatic heterocycles. The first kappa shape index (κ1) is 18.6. The summed E-state index contributed by atoms with van der Waals surface area (Å²) in [6.45, 7) is 4.90. The Morgan fingerprint density at radius 2 is 2.10 bits per heavy atom.